The second-order valence-electron chi connectivity index (χ2n) is 5.07. The molecule has 0 saturated carbocycles. The molecule has 2 aromatic rings. The predicted octanol–water partition coefficient (Wildman–Crippen LogP) is 2.14. The Morgan fingerprint density at radius 3 is 2.22 bits per heavy atom. The molecule has 3 N–H and O–H groups in total. The lowest BCUT2D eigenvalue weighted by Crippen LogP contribution is -2.21. The molecule has 0 aromatic heterocycles. The van der Waals surface area contributed by atoms with Crippen LogP contribution in [0.3, 0.4) is 0 Å². The smallest absolute Gasteiger partial charge is 0.262 e. The van der Waals surface area contributed by atoms with Crippen molar-refractivity contribution in [3.05, 3.63) is 58.9 Å². The molecule has 1 amide bonds. The molecule has 6 heteroatoms. The maximum absolute atomic E-state index is 13.3. The molecule has 2 aromatic carbocycles. The van der Waals surface area contributed by atoms with Crippen molar-refractivity contribution in [3.63, 3.8) is 0 Å². The standard InChI is InChI=1S/C17H18FNO4/c1-11-2-4-15(5-3-11)19-16(22)10-23-17-12(8-20)6-14(18)7-13(17)9-21/h2-7,20-21H,8-10H2,1H3,(H,19,22). The Morgan fingerprint density at radius 1 is 1.13 bits per heavy atom. The number of aliphatic hydroxyl groups excluding tert-OH is 2. The van der Waals surface area contributed by atoms with Crippen molar-refractivity contribution in [1.82, 2.24) is 0 Å². The van der Waals surface area contributed by atoms with Crippen LogP contribution in [0.5, 0.6) is 5.75 Å². The molecule has 0 atom stereocenters. The van der Waals surface area contributed by atoms with Crippen molar-refractivity contribution in [2.75, 3.05) is 11.9 Å². The predicted molar refractivity (Wildman–Crippen MR) is 83.5 cm³/mol. The largest absolute Gasteiger partial charge is 0.483 e. The molecule has 5 nitrogen and oxygen atoms in total. The fraction of sp³-hybridized carbons (Fsp3) is 0.235. The van der Waals surface area contributed by atoms with E-state index in [-0.39, 0.29) is 23.5 Å². The van der Waals surface area contributed by atoms with Crippen LogP contribution >= 0.6 is 0 Å². The van der Waals surface area contributed by atoms with Gasteiger partial charge >= 0.3 is 0 Å². The van der Waals surface area contributed by atoms with E-state index in [2.05, 4.69) is 5.32 Å². The van der Waals surface area contributed by atoms with Gasteiger partial charge in [0.2, 0.25) is 0 Å². The summed E-state index contributed by atoms with van der Waals surface area (Å²) in [5, 5.41) is 21.2. The molecule has 0 spiro atoms. The highest BCUT2D eigenvalue weighted by molar-refractivity contribution is 5.91. The average molecular weight is 319 g/mol. The molecule has 0 heterocycles. The monoisotopic (exact) mass is 319 g/mol. The molecule has 0 aliphatic heterocycles. The summed E-state index contributed by atoms with van der Waals surface area (Å²) in [5.74, 6) is -0.865. The first-order chi connectivity index (χ1) is 11.0. The van der Waals surface area contributed by atoms with Crippen molar-refractivity contribution < 1.29 is 24.1 Å². The van der Waals surface area contributed by atoms with Gasteiger partial charge in [0.25, 0.3) is 5.91 Å². The van der Waals surface area contributed by atoms with Crippen LogP contribution in [-0.2, 0) is 18.0 Å². The first-order valence-electron chi connectivity index (χ1n) is 7.06. The number of benzene rings is 2. The summed E-state index contributed by atoms with van der Waals surface area (Å²) in [4.78, 5) is 11.9. The van der Waals surface area contributed by atoms with Gasteiger partial charge in [0.05, 0.1) is 13.2 Å². The molecular weight excluding hydrogens is 301 g/mol. The number of anilines is 1. The first-order valence-corrected chi connectivity index (χ1v) is 7.06. The number of amides is 1. The van der Waals surface area contributed by atoms with Gasteiger partial charge in [-0.05, 0) is 31.2 Å². The summed E-state index contributed by atoms with van der Waals surface area (Å²) in [6.45, 7) is 0.703. The molecular formula is C17H18FNO4. The summed E-state index contributed by atoms with van der Waals surface area (Å²) in [6.07, 6.45) is 0. The highest BCUT2D eigenvalue weighted by Crippen LogP contribution is 2.26. The van der Waals surface area contributed by atoms with E-state index >= 15 is 0 Å². The van der Waals surface area contributed by atoms with E-state index in [0.717, 1.165) is 17.7 Å². The van der Waals surface area contributed by atoms with E-state index in [1.165, 1.54) is 0 Å². The fourth-order valence-corrected chi connectivity index (χ4v) is 2.10. The number of ether oxygens (including phenoxy) is 1. The van der Waals surface area contributed by atoms with E-state index in [0.29, 0.717) is 5.69 Å². The van der Waals surface area contributed by atoms with E-state index in [1.54, 1.807) is 12.1 Å². The molecule has 0 aliphatic carbocycles. The number of aliphatic hydroxyl groups is 2. The number of halogens is 1. The summed E-state index contributed by atoms with van der Waals surface area (Å²) in [6, 6.07) is 9.47. The fourth-order valence-electron chi connectivity index (χ4n) is 2.10. The zero-order valence-electron chi connectivity index (χ0n) is 12.7. The van der Waals surface area contributed by atoms with E-state index < -0.39 is 24.9 Å². The van der Waals surface area contributed by atoms with Gasteiger partial charge < -0.3 is 20.3 Å². The van der Waals surface area contributed by atoms with Gasteiger partial charge in [-0.25, -0.2) is 4.39 Å². The number of hydrogen-bond donors (Lipinski definition) is 3. The van der Waals surface area contributed by atoms with E-state index in [9.17, 15) is 19.4 Å². The molecule has 0 bridgehead atoms. The average Bonchev–Trinajstić information content (AvgIpc) is 2.54. The minimum atomic E-state index is -0.588. The molecule has 0 radical (unpaired) electrons. The Labute approximate surface area is 133 Å². The van der Waals surface area contributed by atoms with Crippen molar-refractivity contribution in [2.24, 2.45) is 0 Å². The zero-order chi connectivity index (χ0) is 16.8. The SMILES string of the molecule is Cc1ccc(NC(=O)COc2c(CO)cc(F)cc2CO)cc1. The van der Waals surface area contributed by atoms with Crippen LogP contribution in [0.25, 0.3) is 0 Å². The van der Waals surface area contributed by atoms with Gasteiger partial charge in [-0.3, -0.25) is 4.79 Å². The van der Waals surface area contributed by atoms with Crippen molar-refractivity contribution in [2.45, 2.75) is 20.1 Å². The molecule has 122 valence electrons. The van der Waals surface area contributed by atoms with Crippen LogP contribution < -0.4 is 10.1 Å². The second kappa shape index (κ2) is 7.71. The van der Waals surface area contributed by atoms with Crippen LogP contribution in [0.2, 0.25) is 0 Å². The quantitative estimate of drug-likeness (QED) is 0.762. The summed E-state index contributed by atoms with van der Waals surface area (Å²) < 4.78 is 18.7. The lowest BCUT2D eigenvalue weighted by molar-refractivity contribution is -0.118. The van der Waals surface area contributed by atoms with Gasteiger partial charge in [0.15, 0.2) is 6.61 Å². The van der Waals surface area contributed by atoms with Crippen LogP contribution in [0.4, 0.5) is 10.1 Å². The molecule has 23 heavy (non-hydrogen) atoms. The normalized spacial score (nSPS) is 10.4. The number of carbonyl (C=O) groups excluding carboxylic acids is 1. The van der Waals surface area contributed by atoms with Crippen molar-refractivity contribution >= 4 is 11.6 Å². The number of carbonyl (C=O) groups is 1. The highest BCUT2D eigenvalue weighted by atomic mass is 19.1. The second-order valence-corrected chi connectivity index (χ2v) is 5.07. The maximum atomic E-state index is 13.3. The summed E-state index contributed by atoms with van der Waals surface area (Å²) in [5.41, 5.74) is 2.06. The van der Waals surface area contributed by atoms with E-state index in [4.69, 9.17) is 4.74 Å². The Hall–Kier alpha value is -2.44. The van der Waals surface area contributed by atoms with Crippen molar-refractivity contribution in [1.29, 1.82) is 0 Å². The topological polar surface area (TPSA) is 78.8 Å². The molecule has 0 fully saturated rings. The Bertz CT molecular complexity index is 660. The number of aryl methyl sites for hydroxylation is 1. The first kappa shape index (κ1) is 16.9. The number of rotatable bonds is 6. The lowest BCUT2D eigenvalue weighted by atomic mass is 10.1. The summed E-state index contributed by atoms with van der Waals surface area (Å²) in [7, 11) is 0. The van der Waals surface area contributed by atoms with Gasteiger partial charge in [0.1, 0.15) is 11.6 Å². The third kappa shape index (κ3) is 4.51. The van der Waals surface area contributed by atoms with Gasteiger partial charge in [-0.15, -0.1) is 0 Å². The molecule has 0 aliphatic rings. The third-order valence-corrected chi connectivity index (χ3v) is 3.23. The van der Waals surface area contributed by atoms with E-state index in [1.807, 2.05) is 19.1 Å². The van der Waals surface area contributed by atoms with Crippen LogP contribution in [0, 0.1) is 12.7 Å². The lowest BCUT2D eigenvalue weighted by Gasteiger charge is -2.14. The minimum absolute atomic E-state index is 0.121. The van der Waals surface area contributed by atoms with Gasteiger partial charge in [0, 0.05) is 16.8 Å². The number of hydrogen-bond acceptors (Lipinski definition) is 4. The Balaban J connectivity index is 2.05. The van der Waals surface area contributed by atoms with Gasteiger partial charge in [-0.2, -0.15) is 0 Å². The maximum Gasteiger partial charge on any atom is 0.262 e. The van der Waals surface area contributed by atoms with Crippen LogP contribution in [0.15, 0.2) is 36.4 Å². The van der Waals surface area contributed by atoms with Crippen LogP contribution in [0.1, 0.15) is 16.7 Å². The Kier molecular flexibility index (Phi) is 5.67. The summed E-state index contributed by atoms with van der Waals surface area (Å²) >= 11 is 0. The van der Waals surface area contributed by atoms with Gasteiger partial charge in [-0.1, -0.05) is 17.7 Å². The minimum Gasteiger partial charge on any atom is -0.483 e. The van der Waals surface area contributed by atoms with Crippen LogP contribution in [-0.4, -0.2) is 22.7 Å². The van der Waals surface area contributed by atoms with Crippen molar-refractivity contribution in [3.8, 4) is 5.75 Å². The molecule has 0 unspecified atom stereocenters. The molecule has 0 saturated heterocycles. The highest BCUT2D eigenvalue weighted by Gasteiger charge is 2.13. The zero-order valence-corrected chi connectivity index (χ0v) is 12.7. The molecule has 2 rings (SSSR count). The Morgan fingerprint density at radius 2 is 1.70 bits per heavy atom. The third-order valence-electron chi connectivity index (χ3n) is 3.23. The number of nitrogens with one attached hydrogen (secondary N) is 1.